The number of hydrogen-bond acceptors (Lipinski definition) is 8. The lowest BCUT2D eigenvalue weighted by Crippen LogP contribution is -2.63. The summed E-state index contributed by atoms with van der Waals surface area (Å²) in [6.07, 6.45) is 5.23. The van der Waals surface area contributed by atoms with Gasteiger partial charge in [0.1, 0.15) is 12.1 Å². The minimum absolute atomic E-state index is 0.0128. The monoisotopic (exact) mass is 455 g/mol. The fraction of sp³-hybridized carbons (Fsp3) is 0.409. The van der Waals surface area contributed by atoms with Gasteiger partial charge < -0.3 is 15.0 Å². The predicted octanol–water partition coefficient (Wildman–Crippen LogP) is 4.15. The summed E-state index contributed by atoms with van der Waals surface area (Å²) < 4.78 is 0. The average Bonchev–Trinajstić information content (AvgIpc) is 3.11. The predicted molar refractivity (Wildman–Crippen MR) is 127 cm³/mol. The number of carbonyl (C=O) groups excluding carboxylic acids is 2. The number of thioether (sulfide) groups is 1. The molecule has 4 heterocycles. The lowest BCUT2D eigenvalue weighted by Gasteiger charge is -2.54. The first-order valence-electron chi connectivity index (χ1n) is 10.2. The van der Waals surface area contributed by atoms with Gasteiger partial charge in [0.15, 0.2) is 0 Å². The summed E-state index contributed by atoms with van der Waals surface area (Å²) in [7, 11) is 0. The van der Waals surface area contributed by atoms with Crippen molar-refractivity contribution in [2.45, 2.75) is 45.2 Å². The summed E-state index contributed by atoms with van der Waals surface area (Å²) in [4.78, 5) is 39.8. The summed E-state index contributed by atoms with van der Waals surface area (Å²) in [5, 5.41) is 6.22. The van der Waals surface area contributed by atoms with Gasteiger partial charge in [0.2, 0.25) is 0 Å². The van der Waals surface area contributed by atoms with Gasteiger partial charge in [-0.3, -0.25) is 9.79 Å². The van der Waals surface area contributed by atoms with Gasteiger partial charge in [-0.1, -0.05) is 0 Å². The van der Waals surface area contributed by atoms with Crippen LogP contribution in [0.4, 0.5) is 5.82 Å². The van der Waals surface area contributed by atoms with Crippen LogP contribution in [0.3, 0.4) is 0 Å². The van der Waals surface area contributed by atoms with Crippen molar-refractivity contribution in [2.75, 3.05) is 11.2 Å². The summed E-state index contributed by atoms with van der Waals surface area (Å²) >= 11 is 3.17. The van der Waals surface area contributed by atoms with E-state index < -0.39 is 0 Å². The molecule has 0 aromatic carbocycles. The zero-order valence-corrected chi connectivity index (χ0v) is 19.2. The number of hydrogen-bond donors (Lipinski definition) is 1. The first kappa shape index (κ1) is 21.7. The second-order valence-corrected chi connectivity index (χ2v) is 9.91. The number of pyridine rings is 1. The number of aldehydes is 1. The molecule has 0 saturated carbocycles. The Balaban J connectivity index is 1.30. The SMILES string of the molecule is C=N/C(=C\SCNc1ccc(C(=O)N2[C@@H]3CC(C=O)C[C@H]2C3)cn1)c1sc(C)nc1C. The maximum absolute atomic E-state index is 12.8. The molecule has 0 radical (unpaired) electrons. The fourth-order valence-corrected chi connectivity index (χ4v) is 5.94. The molecule has 4 rings (SSSR count). The van der Waals surface area contributed by atoms with Crippen LogP contribution in [-0.2, 0) is 4.79 Å². The van der Waals surface area contributed by atoms with E-state index in [1.165, 1.54) is 0 Å². The van der Waals surface area contributed by atoms with E-state index in [0.717, 1.165) is 46.8 Å². The van der Waals surface area contributed by atoms with Crippen LogP contribution in [0.2, 0.25) is 0 Å². The molecule has 162 valence electrons. The van der Waals surface area contributed by atoms with Gasteiger partial charge in [0, 0.05) is 24.2 Å². The smallest absolute Gasteiger partial charge is 0.255 e. The van der Waals surface area contributed by atoms with E-state index in [1.807, 2.05) is 36.3 Å². The number of fused-ring (bicyclic) bond motifs is 2. The third-order valence-electron chi connectivity index (χ3n) is 5.76. The number of aromatic nitrogens is 2. The van der Waals surface area contributed by atoms with Gasteiger partial charge in [-0.2, -0.15) is 0 Å². The number of piperidine rings is 1. The van der Waals surface area contributed by atoms with E-state index in [0.29, 0.717) is 17.3 Å². The molecule has 1 unspecified atom stereocenters. The van der Waals surface area contributed by atoms with E-state index in [9.17, 15) is 9.59 Å². The Bertz CT molecular complexity index is 1010. The van der Waals surface area contributed by atoms with Crippen LogP contribution in [0, 0.1) is 19.8 Å². The number of anilines is 1. The first-order valence-corrected chi connectivity index (χ1v) is 12.1. The number of thiazole rings is 1. The molecule has 2 fully saturated rings. The zero-order chi connectivity index (χ0) is 22.0. The molecule has 31 heavy (non-hydrogen) atoms. The third-order valence-corrected chi connectivity index (χ3v) is 7.55. The summed E-state index contributed by atoms with van der Waals surface area (Å²) in [5.74, 6) is 1.43. The molecule has 2 aromatic rings. The van der Waals surface area contributed by atoms with E-state index >= 15 is 0 Å². The van der Waals surface area contributed by atoms with Crippen molar-refractivity contribution >= 4 is 53.5 Å². The van der Waals surface area contributed by atoms with Crippen LogP contribution in [0.1, 0.15) is 45.2 Å². The molecular formula is C22H25N5O2S2. The average molecular weight is 456 g/mol. The van der Waals surface area contributed by atoms with Crippen LogP contribution in [-0.4, -0.2) is 51.7 Å². The largest absolute Gasteiger partial charge is 0.361 e. The second kappa shape index (κ2) is 9.32. The maximum Gasteiger partial charge on any atom is 0.255 e. The first-order chi connectivity index (χ1) is 15.0. The van der Waals surface area contributed by atoms with Crippen molar-refractivity contribution < 1.29 is 9.59 Å². The molecule has 2 aromatic heterocycles. The van der Waals surface area contributed by atoms with E-state index in [1.54, 1.807) is 29.3 Å². The lowest BCUT2D eigenvalue weighted by molar-refractivity contribution is -0.117. The molecule has 1 N–H and O–H groups in total. The third kappa shape index (κ3) is 4.57. The quantitative estimate of drug-likeness (QED) is 0.278. The number of nitrogens with one attached hydrogen (secondary N) is 1. The number of aliphatic imine (C=N–C) groups is 1. The molecule has 7 nitrogen and oxygen atoms in total. The summed E-state index contributed by atoms with van der Waals surface area (Å²) in [6, 6.07) is 4.02. The Morgan fingerprint density at radius 3 is 2.71 bits per heavy atom. The highest BCUT2D eigenvalue weighted by Gasteiger charge is 2.47. The molecule has 0 spiro atoms. The van der Waals surface area contributed by atoms with Gasteiger partial charge in [0.05, 0.1) is 32.7 Å². The lowest BCUT2D eigenvalue weighted by atomic mass is 9.74. The van der Waals surface area contributed by atoms with Crippen molar-refractivity contribution in [3.05, 3.63) is 44.9 Å². The highest BCUT2D eigenvalue weighted by molar-refractivity contribution is 8.02. The highest BCUT2D eigenvalue weighted by Crippen LogP contribution is 2.41. The molecule has 3 atom stereocenters. The Labute approximate surface area is 190 Å². The highest BCUT2D eigenvalue weighted by atomic mass is 32.2. The molecule has 2 bridgehead atoms. The van der Waals surface area contributed by atoms with Crippen LogP contribution < -0.4 is 5.32 Å². The molecule has 1 amide bonds. The van der Waals surface area contributed by atoms with Gasteiger partial charge in [0.25, 0.3) is 5.91 Å². The summed E-state index contributed by atoms with van der Waals surface area (Å²) in [6.45, 7) is 7.62. The van der Waals surface area contributed by atoms with Crippen LogP contribution >= 0.6 is 23.1 Å². The molecule has 2 aliphatic rings. The van der Waals surface area contributed by atoms with Crippen molar-refractivity contribution in [3.63, 3.8) is 0 Å². The Hall–Kier alpha value is -2.52. The van der Waals surface area contributed by atoms with Crippen molar-refractivity contribution in [1.29, 1.82) is 0 Å². The molecule has 0 aliphatic carbocycles. The van der Waals surface area contributed by atoms with E-state index in [4.69, 9.17) is 0 Å². The van der Waals surface area contributed by atoms with E-state index in [-0.39, 0.29) is 23.9 Å². The second-order valence-electron chi connectivity index (χ2n) is 7.85. The van der Waals surface area contributed by atoms with Crippen LogP contribution in [0.5, 0.6) is 0 Å². The normalized spacial score (nSPS) is 22.6. The van der Waals surface area contributed by atoms with E-state index in [2.05, 4.69) is 27.0 Å². The number of nitrogens with zero attached hydrogens (tertiary/aromatic N) is 4. The Morgan fingerprint density at radius 2 is 2.13 bits per heavy atom. The van der Waals surface area contributed by atoms with Crippen LogP contribution in [0.15, 0.2) is 28.7 Å². The molecule has 2 aliphatic heterocycles. The summed E-state index contributed by atoms with van der Waals surface area (Å²) in [5.41, 5.74) is 2.37. The topological polar surface area (TPSA) is 87.5 Å². The Morgan fingerprint density at radius 1 is 1.35 bits per heavy atom. The molecule has 9 heteroatoms. The van der Waals surface area contributed by atoms with Gasteiger partial charge in [-0.15, -0.1) is 23.1 Å². The number of aryl methyl sites for hydroxylation is 2. The zero-order valence-electron chi connectivity index (χ0n) is 17.6. The van der Waals surface area contributed by atoms with Crippen molar-refractivity contribution in [3.8, 4) is 0 Å². The van der Waals surface area contributed by atoms with Crippen LogP contribution in [0.25, 0.3) is 5.70 Å². The molecular weight excluding hydrogens is 430 g/mol. The Kier molecular flexibility index (Phi) is 6.52. The van der Waals surface area contributed by atoms with Crippen molar-refractivity contribution in [1.82, 2.24) is 14.9 Å². The van der Waals surface area contributed by atoms with Gasteiger partial charge in [-0.25, -0.2) is 9.97 Å². The minimum Gasteiger partial charge on any atom is -0.361 e. The number of carbonyl (C=O) groups is 2. The molecule has 2 saturated heterocycles. The fourth-order valence-electron chi connectivity index (χ4n) is 4.30. The number of amides is 1. The number of rotatable bonds is 8. The minimum atomic E-state index is 0.0128. The standard InChI is InChI=1S/C22H25N5O2S2/c1-13-21(31-14(2)26-13)19(23-3)11-30-12-25-20-5-4-16(9-24-20)22(29)27-17-6-15(10-28)7-18(27)8-17/h4-5,9-11,15,17-18H,3,6-8,12H2,1-2H3,(H,24,25)/b19-11-/t15?,17-,18+. The van der Waals surface area contributed by atoms with Gasteiger partial charge >= 0.3 is 0 Å². The maximum atomic E-state index is 12.8. The van der Waals surface area contributed by atoms with Gasteiger partial charge in [-0.05, 0) is 57.4 Å². The van der Waals surface area contributed by atoms with Crippen molar-refractivity contribution in [2.24, 2.45) is 10.9 Å².